The molecule has 0 radical (unpaired) electrons. The monoisotopic (exact) mass is 392 g/mol. The quantitative estimate of drug-likeness (QED) is 0.487. The molecule has 0 atom stereocenters. The number of carbonyl (C=O) groups is 1. The molecule has 4 heterocycles. The molecular weight excluding hydrogens is 368 g/mol. The van der Waals surface area contributed by atoms with Gasteiger partial charge >= 0.3 is 0 Å². The smallest absolute Gasteiger partial charge is 0.199 e. The van der Waals surface area contributed by atoms with E-state index in [1.165, 1.54) is 0 Å². The molecule has 0 saturated heterocycles. The lowest BCUT2D eigenvalue weighted by Gasteiger charge is -2.10. The van der Waals surface area contributed by atoms with E-state index in [0.717, 1.165) is 46.5 Å². The summed E-state index contributed by atoms with van der Waals surface area (Å²) in [5, 5.41) is 10.4. The van der Waals surface area contributed by atoms with Gasteiger partial charge in [-0.3, -0.25) is 9.20 Å². The van der Waals surface area contributed by atoms with Crippen molar-refractivity contribution < 1.29 is 14.6 Å². The number of pyridine rings is 2. The van der Waals surface area contributed by atoms with Crippen molar-refractivity contribution in [2.24, 2.45) is 0 Å². The lowest BCUT2D eigenvalue weighted by Crippen LogP contribution is -2.04. The van der Waals surface area contributed by atoms with Gasteiger partial charge in [-0.05, 0) is 44.0 Å². The zero-order valence-corrected chi connectivity index (χ0v) is 16.8. The van der Waals surface area contributed by atoms with Gasteiger partial charge in [-0.2, -0.15) is 0 Å². The van der Waals surface area contributed by atoms with Crippen molar-refractivity contribution in [2.75, 3.05) is 13.7 Å². The molecule has 7 nitrogen and oxygen atoms in total. The number of aldehydes is 1. The van der Waals surface area contributed by atoms with E-state index in [-0.39, 0.29) is 6.61 Å². The van der Waals surface area contributed by atoms with Gasteiger partial charge in [-0.25, -0.2) is 9.97 Å². The molecule has 150 valence electrons. The standard InChI is InChI=1S/C22H24N4O3/c1-4-17-7-6-16-12-18(25(8-5-9-27)22(16)23-17)21-14(2)26-19(24-21)10-15(13-28)11-20(26)29-3/h6-7,10-13,27H,4-5,8-9H2,1-3H3. The Morgan fingerprint density at radius 2 is 2.03 bits per heavy atom. The Kier molecular flexibility index (Phi) is 5.07. The summed E-state index contributed by atoms with van der Waals surface area (Å²) in [6.45, 7) is 4.81. The average Bonchev–Trinajstić information content (AvgIpc) is 3.28. The first-order valence-corrected chi connectivity index (χ1v) is 9.74. The van der Waals surface area contributed by atoms with Gasteiger partial charge < -0.3 is 14.4 Å². The van der Waals surface area contributed by atoms with E-state index in [1.54, 1.807) is 19.2 Å². The summed E-state index contributed by atoms with van der Waals surface area (Å²) >= 11 is 0. The molecule has 0 unspecified atom stereocenters. The molecule has 0 aliphatic rings. The first kappa shape index (κ1) is 19.1. The van der Waals surface area contributed by atoms with Crippen molar-refractivity contribution in [1.82, 2.24) is 18.9 Å². The van der Waals surface area contributed by atoms with Crippen LogP contribution in [0.2, 0.25) is 0 Å². The Bertz CT molecular complexity index is 1210. The maximum atomic E-state index is 11.3. The molecule has 0 aliphatic carbocycles. The fourth-order valence-electron chi connectivity index (χ4n) is 3.77. The number of rotatable bonds is 7. The van der Waals surface area contributed by atoms with Gasteiger partial charge in [0.15, 0.2) is 5.88 Å². The van der Waals surface area contributed by atoms with E-state index in [1.807, 2.05) is 17.4 Å². The molecule has 0 fully saturated rings. The maximum absolute atomic E-state index is 11.3. The van der Waals surface area contributed by atoms with Crippen LogP contribution in [0.1, 0.15) is 35.1 Å². The molecule has 0 amide bonds. The Balaban J connectivity index is 1.99. The number of methoxy groups -OCH3 is 1. The first-order chi connectivity index (χ1) is 14.1. The minimum atomic E-state index is 0.104. The molecule has 4 aromatic heterocycles. The number of aliphatic hydroxyl groups excluding tert-OH is 1. The Hall–Kier alpha value is -3.19. The highest BCUT2D eigenvalue weighted by atomic mass is 16.5. The predicted octanol–water partition coefficient (Wildman–Crippen LogP) is 3.43. The second kappa shape index (κ2) is 7.67. The van der Waals surface area contributed by atoms with E-state index in [0.29, 0.717) is 30.1 Å². The number of nitrogens with zero attached hydrogens (tertiary/aromatic N) is 4. The molecule has 0 bridgehead atoms. The maximum Gasteiger partial charge on any atom is 0.199 e. The molecule has 4 rings (SSSR count). The molecule has 29 heavy (non-hydrogen) atoms. The van der Waals surface area contributed by atoms with Crippen LogP contribution in [0, 0.1) is 6.92 Å². The predicted molar refractivity (Wildman–Crippen MR) is 112 cm³/mol. The van der Waals surface area contributed by atoms with Crippen molar-refractivity contribution in [2.45, 2.75) is 33.2 Å². The first-order valence-electron chi connectivity index (χ1n) is 9.74. The Morgan fingerprint density at radius 3 is 2.72 bits per heavy atom. The number of carbonyl (C=O) groups excluding carboxylic acids is 1. The molecule has 0 saturated carbocycles. The fourth-order valence-corrected chi connectivity index (χ4v) is 3.77. The van der Waals surface area contributed by atoms with Crippen LogP contribution in [0.15, 0.2) is 30.3 Å². The van der Waals surface area contributed by atoms with E-state index in [9.17, 15) is 9.90 Å². The van der Waals surface area contributed by atoms with Gasteiger partial charge in [0.05, 0.1) is 18.5 Å². The van der Waals surface area contributed by atoms with Crippen molar-refractivity contribution >= 4 is 23.0 Å². The van der Waals surface area contributed by atoms with Crippen molar-refractivity contribution in [3.63, 3.8) is 0 Å². The summed E-state index contributed by atoms with van der Waals surface area (Å²) in [6.07, 6.45) is 2.27. The average molecular weight is 392 g/mol. The minimum absolute atomic E-state index is 0.104. The SMILES string of the molecule is CCc1ccc2cc(-c3nc4cc(C=O)cc(OC)n4c3C)n(CCCO)c2n1. The zero-order valence-electron chi connectivity index (χ0n) is 16.8. The molecule has 7 heteroatoms. The summed E-state index contributed by atoms with van der Waals surface area (Å²) in [7, 11) is 1.58. The van der Waals surface area contributed by atoms with E-state index >= 15 is 0 Å². The second-order valence-electron chi connectivity index (χ2n) is 7.02. The summed E-state index contributed by atoms with van der Waals surface area (Å²) in [5.74, 6) is 0.560. The summed E-state index contributed by atoms with van der Waals surface area (Å²) in [4.78, 5) is 20.9. The Labute approximate surface area is 168 Å². The van der Waals surface area contributed by atoms with Gasteiger partial charge in [0.1, 0.15) is 23.3 Å². The third-order valence-electron chi connectivity index (χ3n) is 5.23. The molecular formula is C22H24N4O3. The highest BCUT2D eigenvalue weighted by Crippen LogP contribution is 2.32. The van der Waals surface area contributed by atoms with Gasteiger partial charge in [-0.15, -0.1) is 0 Å². The molecule has 4 aromatic rings. The normalized spacial score (nSPS) is 11.4. The highest BCUT2D eigenvalue weighted by molar-refractivity contribution is 5.85. The number of aromatic nitrogens is 4. The summed E-state index contributed by atoms with van der Waals surface area (Å²) < 4.78 is 9.52. The van der Waals surface area contributed by atoms with Crippen LogP contribution in [-0.4, -0.2) is 44.0 Å². The van der Waals surface area contributed by atoms with Crippen LogP contribution in [0.3, 0.4) is 0 Å². The summed E-state index contributed by atoms with van der Waals surface area (Å²) in [6, 6.07) is 9.66. The molecule has 1 N–H and O–H groups in total. The minimum Gasteiger partial charge on any atom is -0.482 e. The third kappa shape index (κ3) is 3.17. The number of aliphatic hydroxyl groups is 1. The van der Waals surface area contributed by atoms with Gasteiger partial charge in [0.2, 0.25) is 0 Å². The van der Waals surface area contributed by atoms with Crippen LogP contribution < -0.4 is 4.74 Å². The second-order valence-corrected chi connectivity index (χ2v) is 7.02. The number of ether oxygens (including phenoxy) is 1. The molecule has 0 spiro atoms. The van der Waals surface area contributed by atoms with E-state index in [2.05, 4.69) is 23.6 Å². The third-order valence-corrected chi connectivity index (χ3v) is 5.23. The topological polar surface area (TPSA) is 81.6 Å². The highest BCUT2D eigenvalue weighted by Gasteiger charge is 2.20. The fraction of sp³-hybridized carbons (Fsp3) is 0.318. The molecule has 0 aromatic carbocycles. The number of aryl methyl sites for hydroxylation is 3. The van der Waals surface area contributed by atoms with Crippen LogP contribution in [0.4, 0.5) is 0 Å². The largest absolute Gasteiger partial charge is 0.482 e. The van der Waals surface area contributed by atoms with Gasteiger partial charge in [0, 0.05) is 35.9 Å². The van der Waals surface area contributed by atoms with Crippen LogP contribution in [0.25, 0.3) is 28.1 Å². The lowest BCUT2D eigenvalue weighted by molar-refractivity contribution is 0.112. The lowest BCUT2D eigenvalue weighted by atomic mass is 10.2. The van der Waals surface area contributed by atoms with Crippen LogP contribution in [-0.2, 0) is 13.0 Å². The van der Waals surface area contributed by atoms with Crippen LogP contribution in [0.5, 0.6) is 5.88 Å². The zero-order chi connectivity index (χ0) is 20.5. The van der Waals surface area contributed by atoms with Crippen LogP contribution >= 0.6 is 0 Å². The van der Waals surface area contributed by atoms with E-state index in [4.69, 9.17) is 14.7 Å². The summed E-state index contributed by atoms with van der Waals surface area (Å²) in [5.41, 5.74) is 5.74. The Morgan fingerprint density at radius 1 is 1.21 bits per heavy atom. The van der Waals surface area contributed by atoms with Gasteiger partial charge in [0.25, 0.3) is 0 Å². The number of hydrogen-bond acceptors (Lipinski definition) is 5. The van der Waals surface area contributed by atoms with Crippen molar-refractivity contribution in [3.05, 3.63) is 47.3 Å². The number of hydrogen-bond donors (Lipinski definition) is 1. The number of imidazole rings is 1. The number of fused-ring (bicyclic) bond motifs is 2. The van der Waals surface area contributed by atoms with Crippen molar-refractivity contribution in [3.8, 4) is 17.3 Å². The van der Waals surface area contributed by atoms with Crippen molar-refractivity contribution in [1.29, 1.82) is 0 Å². The van der Waals surface area contributed by atoms with Gasteiger partial charge in [-0.1, -0.05) is 6.92 Å². The van der Waals surface area contributed by atoms with E-state index < -0.39 is 0 Å². The molecule has 0 aliphatic heterocycles.